The van der Waals surface area contributed by atoms with E-state index in [-0.39, 0.29) is 12.5 Å². The number of para-hydroxylation sites is 1. The topological polar surface area (TPSA) is 69.0 Å². The second-order valence-electron chi connectivity index (χ2n) is 7.15. The number of hydrogen-bond acceptors (Lipinski definition) is 5. The molecule has 1 aliphatic carbocycles. The number of benzene rings is 2. The zero-order valence-corrected chi connectivity index (χ0v) is 16.8. The van der Waals surface area contributed by atoms with E-state index in [9.17, 15) is 4.79 Å². The molecule has 0 bridgehead atoms. The van der Waals surface area contributed by atoms with Crippen LogP contribution in [-0.4, -0.2) is 27.3 Å². The number of hydrogen-bond donors (Lipinski definition) is 1. The Labute approximate surface area is 172 Å². The predicted molar refractivity (Wildman–Crippen MR) is 114 cm³/mol. The van der Waals surface area contributed by atoms with Crippen molar-refractivity contribution in [1.82, 2.24) is 14.8 Å². The molecule has 1 amide bonds. The first-order chi connectivity index (χ1) is 14.2. The first-order valence-electron chi connectivity index (χ1n) is 9.63. The fourth-order valence-corrected chi connectivity index (χ4v) is 4.48. The summed E-state index contributed by atoms with van der Waals surface area (Å²) in [6.07, 6.45) is 2.89. The monoisotopic (exact) mass is 404 g/mol. The molecule has 2 aromatic carbocycles. The molecule has 1 aliphatic rings. The third kappa shape index (κ3) is 3.49. The average molecular weight is 404 g/mol. The third-order valence-corrected chi connectivity index (χ3v) is 6.03. The number of aromatic nitrogens is 3. The van der Waals surface area contributed by atoms with Gasteiger partial charge in [-0.3, -0.25) is 4.79 Å². The van der Waals surface area contributed by atoms with Gasteiger partial charge in [0.1, 0.15) is 11.6 Å². The van der Waals surface area contributed by atoms with Crippen molar-refractivity contribution in [3.8, 4) is 10.9 Å². The Balaban J connectivity index is 1.40. The number of nitrogens with one attached hydrogen (secondary N) is 1. The number of amides is 1. The van der Waals surface area contributed by atoms with Crippen LogP contribution in [0.15, 0.2) is 48.5 Å². The van der Waals surface area contributed by atoms with Crippen molar-refractivity contribution in [3.05, 3.63) is 65.4 Å². The molecule has 0 unspecified atom stereocenters. The maximum Gasteiger partial charge on any atom is 0.263 e. The Bertz CT molecular complexity index is 1160. The molecule has 1 N–H and O–H groups in total. The molecule has 146 valence electrons. The summed E-state index contributed by atoms with van der Waals surface area (Å²) in [5.74, 6) is 1.19. The minimum atomic E-state index is -0.206. The summed E-state index contributed by atoms with van der Waals surface area (Å²) in [6.45, 7) is 1.96. The average Bonchev–Trinajstić information content (AvgIpc) is 3.42. The molecule has 6 nitrogen and oxygen atoms in total. The van der Waals surface area contributed by atoms with Gasteiger partial charge >= 0.3 is 0 Å². The van der Waals surface area contributed by atoms with Crippen molar-refractivity contribution < 1.29 is 9.53 Å². The molecule has 0 aliphatic heterocycles. The fourth-order valence-electron chi connectivity index (χ4n) is 3.56. The lowest BCUT2D eigenvalue weighted by molar-refractivity contribution is -0.118. The van der Waals surface area contributed by atoms with E-state index in [0.717, 1.165) is 51.4 Å². The summed E-state index contributed by atoms with van der Waals surface area (Å²) >= 11 is 1.57. The molecule has 4 aromatic rings. The van der Waals surface area contributed by atoms with E-state index in [4.69, 9.17) is 14.8 Å². The van der Waals surface area contributed by atoms with Gasteiger partial charge in [-0.05, 0) is 50.5 Å². The molecular weight excluding hydrogens is 384 g/mol. The summed E-state index contributed by atoms with van der Waals surface area (Å²) in [4.78, 5) is 17.3. The predicted octanol–water partition coefficient (Wildman–Crippen LogP) is 4.30. The quantitative estimate of drug-likeness (QED) is 0.539. The van der Waals surface area contributed by atoms with Gasteiger partial charge in [0, 0.05) is 5.56 Å². The Kier molecular flexibility index (Phi) is 4.52. The molecule has 0 saturated carbocycles. The first kappa shape index (κ1) is 17.9. The van der Waals surface area contributed by atoms with Gasteiger partial charge in [-0.25, -0.2) is 4.98 Å². The summed E-state index contributed by atoms with van der Waals surface area (Å²) in [6, 6.07) is 15.7. The van der Waals surface area contributed by atoms with Crippen LogP contribution in [0.3, 0.4) is 0 Å². The number of fused-ring (bicyclic) bond motifs is 2. The Hall–Kier alpha value is -3.19. The van der Waals surface area contributed by atoms with Gasteiger partial charge < -0.3 is 10.1 Å². The van der Waals surface area contributed by atoms with E-state index >= 15 is 0 Å². The van der Waals surface area contributed by atoms with Crippen molar-refractivity contribution in [3.63, 3.8) is 0 Å². The second-order valence-corrected chi connectivity index (χ2v) is 8.16. The molecule has 2 aromatic heterocycles. The summed E-state index contributed by atoms with van der Waals surface area (Å²) in [5.41, 5.74) is 4.23. The number of carbonyl (C=O) groups is 1. The minimum Gasteiger partial charge on any atom is -0.484 e. The van der Waals surface area contributed by atoms with Gasteiger partial charge in [-0.15, -0.1) is 0 Å². The van der Waals surface area contributed by atoms with Crippen LogP contribution in [0.5, 0.6) is 5.75 Å². The largest absolute Gasteiger partial charge is 0.484 e. The van der Waals surface area contributed by atoms with E-state index in [0.29, 0.717) is 11.6 Å². The highest BCUT2D eigenvalue weighted by Crippen LogP contribution is 2.33. The highest BCUT2D eigenvalue weighted by molar-refractivity contribution is 7.20. The lowest BCUT2D eigenvalue weighted by Crippen LogP contribution is -2.22. The first-order valence-corrected chi connectivity index (χ1v) is 10.4. The van der Waals surface area contributed by atoms with Crippen molar-refractivity contribution in [2.75, 3.05) is 11.9 Å². The fraction of sp³-hybridized carbons (Fsp3) is 0.227. The second kappa shape index (κ2) is 7.33. The number of aryl methyl sites for hydroxylation is 2. The highest BCUT2D eigenvalue weighted by Gasteiger charge is 2.25. The van der Waals surface area contributed by atoms with Gasteiger partial charge in [-0.1, -0.05) is 41.2 Å². The lowest BCUT2D eigenvalue weighted by atomic mass is 10.2. The molecule has 0 atom stereocenters. The van der Waals surface area contributed by atoms with Crippen molar-refractivity contribution in [2.45, 2.75) is 26.2 Å². The van der Waals surface area contributed by atoms with Gasteiger partial charge in [0.25, 0.3) is 5.91 Å². The van der Waals surface area contributed by atoms with Gasteiger partial charge in [0.05, 0.1) is 15.9 Å². The van der Waals surface area contributed by atoms with Gasteiger partial charge in [0.2, 0.25) is 5.13 Å². The molecule has 5 rings (SSSR count). The van der Waals surface area contributed by atoms with Crippen LogP contribution in [0.1, 0.15) is 23.2 Å². The maximum absolute atomic E-state index is 12.6. The van der Waals surface area contributed by atoms with Crippen LogP contribution in [0.2, 0.25) is 0 Å². The van der Waals surface area contributed by atoms with Crippen LogP contribution < -0.4 is 10.1 Å². The van der Waals surface area contributed by atoms with E-state index < -0.39 is 0 Å². The summed E-state index contributed by atoms with van der Waals surface area (Å²) < 4.78 is 8.50. The summed E-state index contributed by atoms with van der Waals surface area (Å²) in [5, 5.41) is 8.52. The van der Waals surface area contributed by atoms with Crippen molar-refractivity contribution in [1.29, 1.82) is 0 Å². The number of carbonyl (C=O) groups excluding carboxylic acids is 1. The van der Waals surface area contributed by atoms with E-state index in [2.05, 4.69) is 5.32 Å². The minimum absolute atomic E-state index is 0.0527. The molecule has 0 saturated heterocycles. The zero-order chi connectivity index (χ0) is 19.8. The number of rotatable bonds is 5. The smallest absolute Gasteiger partial charge is 0.263 e. The third-order valence-electron chi connectivity index (χ3n) is 5.02. The molecule has 2 heterocycles. The Morgan fingerprint density at radius 3 is 2.83 bits per heavy atom. The van der Waals surface area contributed by atoms with E-state index in [1.165, 1.54) is 0 Å². The summed E-state index contributed by atoms with van der Waals surface area (Å²) in [7, 11) is 0. The van der Waals surface area contributed by atoms with Crippen LogP contribution in [0, 0.1) is 6.92 Å². The van der Waals surface area contributed by atoms with Crippen molar-refractivity contribution >= 4 is 33.3 Å². The molecular formula is C22H20N4O2S. The zero-order valence-electron chi connectivity index (χ0n) is 16.0. The van der Waals surface area contributed by atoms with Crippen LogP contribution in [0.25, 0.3) is 15.3 Å². The van der Waals surface area contributed by atoms with Crippen molar-refractivity contribution in [2.24, 2.45) is 0 Å². The van der Waals surface area contributed by atoms with E-state index in [1.807, 2.05) is 55.5 Å². The SMILES string of the molecule is Cc1ccc(OCC(=O)Nc2c3c(nn2-c2nc4ccccc4s2)CCC3)cc1. The molecule has 0 fully saturated rings. The van der Waals surface area contributed by atoms with Crippen LogP contribution in [0.4, 0.5) is 5.82 Å². The Morgan fingerprint density at radius 2 is 2.00 bits per heavy atom. The standard InChI is InChI=1S/C22H20N4O2S/c1-14-9-11-15(12-10-14)28-13-20(27)24-21-16-5-4-7-17(16)25-26(21)22-23-18-6-2-3-8-19(18)29-22/h2-3,6,8-12H,4-5,7,13H2,1H3,(H,24,27). The maximum atomic E-state index is 12.6. The van der Waals surface area contributed by atoms with Crippen LogP contribution >= 0.6 is 11.3 Å². The number of nitrogens with zero attached hydrogens (tertiary/aromatic N) is 3. The van der Waals surface area contributed by atoms with Gasteiger partial charge in [-0.2, -0.15) is 9.78 Å². The van der Waals surface area contributed by atoms with Gasteiger partial charge in [0.15, 0.2) is 6.61 Å². The molecule has 0 radical (unpaired) electrons. The van der Waals surface area contributed by atoms with Crippen LogP contribution in [-0.2, 0) is 17.6 Å². The number of anilines is 1. The molecule has 29 heavy (non-hydrogen) atoms. The highest BCUT2D eigenvalue weighted by atomic mass is 32.1. The Morgan fingerprint density at radius 1 is 1.17 bits per heavy atom. The van der Waals surface area contributed by atoms with E-state index in [1.54, 1.807) is 16.0 Å². The molecule has 0 spiro atoms. The molecule has 7 heteroatoms. The number of ether oxygens (including phenoxy) is 1. The number of thiazole rings is 1. The normalized spacial score (nSPS) is 12.9. The lowest BCUT2D eigenvalue weighted by Gasteiger charge is -2.10.